The molecule has 1 amide bonds. The van der Waals surface area contributed by atoms with Crippen molar-refractivity contribution in [2.75, 3.05) is 26.3 Å². The Balaban J connectivity index is 1.31. The molecule has 0 bridgehead atoms. The maximum atomic E-state index is 13.1. The Hall–Kier alpha value is -4.59. The molecule has 2 aliphatic heterocycles. The summed E-state index contributed by atoms with van der Waals surface area (Å²) in [5.74, 6) is 0.140. The van der Waals surface area contributed by atoms with E-state index in [4.69, 9.17) is 14.2 Å². The lowest BCUT2D eigenvalue weighted by Crippen LogP contribution is -2.56. The van der Waals surface area contributed by atoms with Crippen LogP contribution in [0.3, 0.4) is 0 Å². The highest BCUT2D eigenvalue weighted by Gasteiger charge is 2.60. The lowest BCUT2D eigenvalue weighted by molar-refractivity contribution is -0.138. The molecule has 1 fully saturated rings. The summed E-state index contributed by atoms with van der Waals surface area (Å²) >= 11 is 0. The third-order valence-electron chi connectivity index (χ3n) is 7.95. The van der Waals surface area contributed by atoms with E-state index < -0.39 is 23.2 Å². The molecule has 2 heterocycles. The maximum absolute atomic E-state index is 13.1. The molecular weight excluding hydrogens is 532 g/mol. The zero-order valence-electron chi connectivity index (χ0n) is 24.3. The molecule has 2 aromatic carbocycles. The molecule has 5 rings (SSSR count). The average molecular weight is 569 g/mol. The predicted molar refractivity (Wildman–Crippen MR) is 160 cm³/mol. The summed E-state index contributed by atoms with van der Waals surface area (Å²) in [6, 6.07) is 14.8. The number of likely N-dealkylation sites (tertiary alicyclic amines) is 1. The minimum atomic E-state index is -0.858. The molecule has 2 aromatic rings. The molecule has 3 aliphatic rings. The first-order valence-electron chi connectivity index (χ1n) is 14.2. The highest BCUT2D eigenvalue weighted by Crippen LogP contribution is 2.58. The van der Waals surface area contributed by atoms with Crippen LogP contribution in [0.4, 0.5) is 4.79 Å². The molecular formula is C34H36N2O6. The van der Waals surface area contributed by atoms with Crippen LogP contribution in [0.1, 0.15) is 55.1 Å². The summed E-state index contributed by atoms with van der Waals surface area (Å²) in [5.41, 5.74) is 3.36. The van der Waals surface area contributed by atoms with Gasteiger partial charge in [0.25, 0.3) is 0 Å². The molecule has 1 aliphatic carbocycles. The van der Waals surface area contributed by atoms with E-state index in [1.807, 2.05) is 48.5 Å². The van der Waals surface area contributed by atoms with Gasteiger partial charge in [0.05, 0.1) is 18.5 Å². The molecule has 1 unspecified atom stereocenters. The van der Waals surface area contributed by atoms with Gasteiger partial charge < -0.3 is 24.4 Å². The van der Waals surface area contributed by atoms with Crippen molar-refractivity contribution in [3.8, 4) is 5.75 Å². The topological polar surface area (TPSA) is 94.2 Å². The number of carbonyl (C=O) groups excluding carboxylic acids is 3. The Bertz CT molecular complexity index is 1500. The van der Waals surface area contributed by atoms with Crippen LogP contribution in [0, 0.1) is 5.41 Å². The van der Waals surface area contributed by atoms with Crippen molar-refractivity contribution in [3.63, 3.8) is 0 Å². The number of nitrogens with one attached hydrogen (secondary N) is 1. The summed E-state index contributed by atoms with van der Waals surface area (Å²) < 4.78 is 17.3. The average Bonchev–Trinajstić information content (AvgIpc) is 3.17. The second-order valence-electron chi connectivity index (χ2n) is 11.1. The highest BCUT2D eigenvalue weighted by molar-refractivity contribution is 6.09. The fraction of sp³-hybridized carbons (Fsp3) is 0.324. The molecule has 0 aromatic heterocycles. The van der Waals surface area contributed by atoms with Crippen LogP contribution < -0.4 is 10.1 Å². The molecule has 8 nitrogen and oxygen atoms in total. The zero-order chi connectivity index (χ0) is 29.9. The van der Waals surface area contributed by atoms with Gasteiger partial charge in [-0.25, -0.2) is 9.59 Å². The van der Waals surface area contributed by atoms with Crippen molar-refractivity contribution < 1.29 is 28.6 Å². The van der Waals surface area contributed by atoms with Gasteiger partial charge in [-0.2, -0.15) is 0 Å². The van der Waals surface area contributed by atoms with Crippen molar-refractivity contribution in [2.45, 2.75) is 39.3 Å². The second-order valence-corrected chi connectivity index (χ2v) is 11.1. The number of amides is 1. The number of nitrogens with zero attached hydrogens (tertiary/aromatic N) is 1. The highest BCUT2D eigenvalue weighted by atomic mass is 16.6. The molecule has 42 heavy (non-hydrogen) atoms. The minimum absolute atomic E-state index is 0.0297. The Morgan fingerprint density at radius 3 is 2.52 bits per heavy atom. The van der Waals surface area contributed by atoms with Gasteiger partial charge in [-0.15, -0.1) is 0 Å². The smallest absolute Gasteiger partial charge is 0.407 e. The number of benzene rings is 2. The maximum Gasteiger partial charge on any atom is 0.407 e. The van der Waals surface area contributed by atoms with Crippen LogP contribution in [0.2, 0.25) is 0 Å². The van der Waals surface area contributed by atoms with Crippen LogP contribution in [-0.4, -0.2) is 54.8 Å². The molecule has 1 spiro atoms. The largest absolute Gasteiger partial charge is 0.463 e. The van der Waals surface area contributed by atoms with Gasteiger partial charge >= 0.3 is 12.1 Å². The lowest BCUT2D eigenvalue weighted by atomic mass is 9.75. The number of rotatable bonds is 9. The molecule has 1 saturated heterocycles. The number of ether oxygens (including phenoxy) is 3. The number of ketones is 1. The van der Waals surface area contributed by atoms with Crippen molar-refractivity contribution in [3.05, 3.63) is 107 Å². The molecule has 1 N–H and O–H groups in total. The van der Waals surface area contributed by atoms with Gasteiger partial charge in [0, 0.05) is 28.0 Å². The Morgan fingerprint density at radius 2 is 1.76 bits per heavy atom. The van der Waals surface area contributed by atoms with Gasteiger partial charge in [0.1, 0.15) is 19.0 Å². The van der Waals surface area contributed by atoms with E-state index in [2.05, 4.69) is 48.9 Å². The molecule has 0 radical (unpaired) electrons. The van der Waals surface area contributed by atoms with Crippen molar-refractivity contribution in [1.82, 2.24) is 10.2 Å². The summed E-state index contributed by atoms with van der Waals surface area (Å²) in [5, 5.41) is 2.60. The van der Waals surface area contributed by atoms with E-state index >= 15 is 0 Å². The van der Waals surface area contributed by atoms with Crippen LogP contribution in [0.5, 0.6) is 5.75 Å². The summed E-state index contributed by atoms with van der Waals surface area (Å²) in [4.78, 5) is 39.0. The third kappa shape index (κ3) is 5.36. The van der Waals surface area contributed by atoms with Gasteiger partial charge in [-0.3, -0.25) is 4.79 Å². The minimum Gasteiger partial charge on any atom is -0.463 e. The van der Waals surface area contributed by atoms with Crippen molar-refractivity contribution in [2.24, 2.45) is 5.41 Å². The third-order valence-corrected chi connectivity index (χ3v) is 7.95. The van der Waals surface area contributed by atoms with Gasteiger partial charge in [-0.1, -0.05) is 49.1 Å². The Morgan fingerprint density at radius 1 is 1.00 bits per heavy atom. The van der Waals surface area contributed by atoms with E-state index in [1.54, 1.807) is 13.0 Å². The number of allylic oxidation sites excluding steroid dienone is 3. The quantitative estimate of drug-likeness (QED) is 0.177. The summed E-state index contributed by atoms with van der Waals surface area (Å²) in [7, 11) is 0. The van der Waals surface area contributed by atoms with Gasteiger partial charge in [-0.05, 0) is 69.5 Å². The standard InChI is InChI=1S/C34H36N2O6/c1-23(2)31(38)40-20-18-35-32(39)41-21-19-36-28-13-9-8-12-27(28)33(3,4)34(36)17-16-25-22-26(14-15-29(25)42-34)30(37)24-10-6-5-7-11-24/h5-7,10-17,22H,1,8-9,18-21H2,2-4H3,(H,35,39). The van der Waals surface area contributed by atoms with Crippen LogP contribution >= 0.6 is 0 Å². The fourth-order valence-corrected chi connectivity index (χ4v) is 5.74. The number of hydrogen-bond donors (Lipinski definition) is 1. The van der Waals surface area contributed by atoms with E-state index in [-0.39, 0.29) is 25.5 Å². The van der Waals surface area contributed by atoms with E-state index in [0.717, 1.165) is 24.1 Å². The summed E-state index contributed by atoms with van der Waals surface area (Å²) in [6.07, 6.45) is 9.84. The van der Waals surface area contributed by atoms with E-state index in [1.165, 1.54) is 5.57 Å². The number of hydrogen-bond acceptors (Lipinski definition) is 7. The molecule has 0 saturated carbocycles. The number of carbonyl (C=O) groups is 3. The van der Waals surface area contributed by atoms with E-state index in [0.29, 0.717) is 29.0 Å². The van der Waals surface area contributed by atoms with E-state index in [9.17, 15) is 14.4 Å². The second kappa shape index (κ2) is 11.7. The Labute approximate surface area is 246 Å². The normalized spacial score (nSPS) is 19.5. The van der Waals surface area contributed by atoms with Crippen LogP contribution in [-0.2, 0) is 14.3 Å². The fourth-order valence-electron chi connectivity index (χ4n) is 5.74. The van der Waals surface area contributed by atoms with Gasteiger partial charge in [0.2, 0.25) is 5.72 Å². The number of esters is 1. The SMILES string of the molecule is C=C(C)C(=O)OCCNC(=O)OCCN1C2=CCCC=C2C(C)(C)C12C=Cc1cc(C(=O)c3ccccc3)ccc1O2. The lowest BCUT2D eigenvalue weighted by Gasteiger charge is -2.46. The molecule has 8 heteroatoms. The monoisotopic (exact) mass is 568 g/mol. The number of fused-ring (bicyclic) bond motifs is 2. The molecule has 1 atom stereocenters. The first-order chi connectivity index (χ1) is 20.1. The first kappa shape index (κ1) is 28.9. The van der Waals surface area contributed by atoms with Crippen LogP contribution in [0.15, 0.2) is 90.2 Å². The first-order valence-corrected chi connectivity index (χ1v) is 14.2. The zero-order valence-corrected chi connectivity index (χ0v) is 24.3. The Kier molecular flexibility index (Phi) is 8.07. The predicted octanol–water partition coefficient (Wildman–Crippen LogP) is 5.81. The van der Waals surface area contributed by atoms with Crippen molar-refractivity contribution in [1.29, 1.82) is 0 Å². The van der Waals surface area contributed by atoms with Crippen molar-refractivity contribution >= 4 is 23.9 Å². The van der Waals surface area contributed by atoms with Gasteiger partial charge in [0.15, 0.2) is 5.78 Å². The summed E-state index contributed by atoms with van der Waals surface area (Å²) in [6.45, 7) is 10.1. The number of alkyl carbamates (subject to hydrolysis) is 1. The molecule has 218 valence electrons. The van der Waals surface area contributed by atoms with Crippen LogP contribution in [0.25, 0.3) is 6.08 Å².